The monoisotopic (exact) mass is 164 g/mol. The summed E-state index contributed by atoms with van der Waals surface area (Å²) in [6.07, 6.45) is 7.71. The lowest BCUT2D eigenvalue weighted by Gasteiger charge is -2.04. The molecule has 0 aromatic heterocycles. The molecule has 2 nitrogen and oxygen atoms in total. The topological polar surface area (TPSA) is 15.0 Å². The minimum absolute atomic E-state index is 1.07. The molecule has 2 rings (SSSR count). The molecule has 1 N–H and O–H groups in total. The zero-order valence-electron chi connectivity index (χ0n) is 7.42. The van der Waals surface area contributed by atoms with Gasteiger partial charge >= 0.3 is 0 Å². The van der Waals surface area contributed by atoms with Crippen molar-refractivity contribution in [2.75, 3.05) is 32.7 Å². The third kappa shape index (κ3) is 2.47. The van der Waals surface area contributed by atoms with Crippen molar-refractivity contribution in [1.82, 2.24) is 10.2 Å². The van der Waals surface area contributed by atoms with Gasteiger partial charge in [-0.05, 0) is 6.42 Å². The summed E-state index contributed by atoms with van der Waals surface area (Å²) in [5.41, 5.74) is 1.51. The lowest BCUT2D eigenvalue weighted by molar-refractivity contribution is 0.530. The van der Waals surface area contributed by atoms with Crippen molar-refractivity contribution in [1.29, 1.82) is 0 Å². The van der Waals surface area contributed by atoms with E-state index in [2.05, 4.69) is 28.4 Å². The minimum atomic E-state index is 1.07. The van der Waals surface area contributed by atoms with Crippen LogP contribution in [0, 0.1) is 0 Å². The van der Waals surface area contributed by atoms with E-state index in [9.17, 15) is 0 Å². The molecule has 2 aliphatic rings. The van der Waals surface area contributed by atoms with E-state index in [0.29, 0.717) is 0 Å². The summed E-state index contributed by atoms with van der Waals surface area (Å²) in [4.78, 5) is 2.44. The van der Waals surface area contributed by atoms with Gasteiger partial charge in [0.25, 0.3) is 0 Å². The molecular weight excluding hydrogens is 148 g/mol. The van der Waals surface area contributed by atoms with Crippen LogP contribution in [-0.2, 0) is 0 Å². The first kappa shape index (κ1) is 8.02. The van der Waals surface area contributed by atoms with Gasteiger partial charge in [-0.25, -0.2) is 0 Å². The smallest absolute Gasteiger partial charge is 0.0171 e. The van der Waals surface area contributed by atoms with Crippen LogP contribution in [0.4, 0.5) is 0 Å². The first-order valence-electron chi connectivity index (χ1n) is 4.73. The molecule has 1 heterocycles. The standard InChI is InChI=1S/C10H16N2/c1-2-4-10(3-1)9-11-5-6-12-7-8-12/h1-3,11H,4-9H2. The van der Waals surface area contributed by atoms with Crippen molar-refractivity contribution in [2.24, 2.45) is 0 Å². The Morgan fingerprint density at radius 1 is 1.42 bits per heavy atom. The van der Waals surface area contributed by atoms with Gasteiger partial charge in [0.2, 0.25) is 0 Å². The van der Waals surface area contributed by atoms with E-state index in [0.717, 1.165) is 19.5 Å². The first-order chi connectivity index (χ1) is 5.95. The number of nitrogens with one attached hydrogen (secondary N) is 1. The molecule has 0 bridgehead atoms. The van der Waals surface area contributed by atoms with E-state index < -0.39 is 0 Å². The zero-order valence-corrected chi connectivity index (χ0v) is 7.42. The van der Waals surface area contributed by atoms with Gasteiger partial charge in [0.1, 0.15) is 0 Å². The van der Waals surface area contributed by atoms with Gasteiger partial charge in [-0.2, -0.15) is 0 Å². The molecule has 0 amide bonds. The Hall–Kier alpha value is -0.600. The number of hydrogen-bond donors (Lipinski definition) is 1. The second-order valence-electron chi connectivity index (χ2n) is 3.48. The zero-order chi connectivity index (χ0) is 8.23. The summed E-state index contributed by atoms with van der Waals surface area (Å²) in [6, 6.07) is 0. The maximum Gasteiger partial charge on any atom is 0.0171 e. The van der Waals surface area contributed by atoms with Crippen molar-refractivity contribution < 1.29 is 0 Å². The maximum absolute atomic E-state index is 3.45. The van der Waals surface area contributed by atoms with Crippen molar-refractivity contribution >= 4 is 0 Å². The van der Waals surface area contributed by atoms with Crippen LogP contribution in [0.25, 0.3) is 0 Å². The fraction of sp³-hybridized carbons (Fsp3) is 0.600. The number of hydrogen-bond acceptors (Lipinski definition) is 2. The SMILES string of the molecule is C1=CCC(CNCCN2CC2)=C1. The van der Waals surface area contributed by atoms with E-state index >= 15 is 0 Å². The van der Waals surface area contributed by atoms with Crippen LogP contribution >= 0.6 is 0 Å². The molecule has 1 aliphatic carbocycles. The summed E-state index contributed by atoms with van der Waals surface area (Å²) in [5, 5.41) is 3.45. The van der Waals surface area contributed by atoms with Crippen molar-refractivity contribution in [2.45, 2.75) is 6.42 Å². The van der Waals surface area contributed by atoms with Gasteiger partial charge in [0, 0.05) is 32.7 Å². The van der Waals surface area contributed by atoms with Crippen LogP contribution in [0.5, 0.6) is 0 Å². The van der Waals surface area contributed by atoms with Gasteiger partial charge in [-0.1, -0.05) is 23.8 Å². The summed E-state index contributed by atoms with van der Waals surface area (Å²) < 4.78 is 0. The maximum atomic E-state index is 3.45. The molecule has 1 saturated heterocycles. The highest BCUT2D eigenvalue weighted by Gasteiger charge is 2.15. The highest BCUT2D eigenvalue weighted by Crippen LogP contribution is 2.08. The molecule has 0 atom stereocenters. The Morgan fingerprint density at radius 2 is 2.33 bits per heavy atom. The highest BCUT2D eigenvalue weighted by molar-refractivity contribution is 5.23. The molecule has 0 unspecified atom stereocenters. The molecule has 0 saturated carbocycles. The Bertz CT molecular complexity index is 202. The Kier molecular flexibility index (Phi) is 2.59. The molecule has 12 heavy (non-hydrogen) atoms. The third-order valence-electron chi connectivity index (χ3n) is 2.34. The van der Waals surface area contributed by atoms with Crippen molar-refractivity contribution in [3.05, 3.63) is 23.8 Å². The average Bonchev–Trinajstić information content (AvgIpc) is 2.76. The largest absolute Gasteiger partial charge is 0.312 e. The van der Waals surface area contributed by atoms with E-state index in [1.165, 1.54) is 25.2 Å². The second-order valence-corrected chi connectivity index (χ2v) is 3.48. The van der Waals surface area contributed by atoms with Gasteiger partial charge in [-0.3, -0.25) is 4.90 Å². The number of nitrogens with zero attached hydrogens (tertiary/aromatic N) is 1. The van der Waals surface area contributed by atoms with Crippen LogP contribution in [0.1, 0.15) is 6.42 Å². The highest BCUT2D eigenvalue weighted by atomic mass is 15.3. The summed E-state index contributed by atoms with van der Waals surface area (Å²) in [7, 11) is 0. The Morgan fingerprint density at radius 3 is 3.00 bits per heavy atom. The first-order valence-corrected chi connectivity index (χ1v) is 4.73. The van der Waals surface area contributed by atoms with Crippen LogP contribution in [0.15, 0.2) is 23.8 Å². The Labute approximate surface area is 73.9 Å². The van der Waals surface area contributed by atoms with Crippen molar-refractivity contribution in [3.8, 4) is 0 Å². The quantitative estimate of drug-likeness (QED) is 0.477. The summed E-state index contributed by atoms with van der Waals surface area (Å²) >= 11 is 0. The molecule has 0 spiro atoms. The van der Waals surface area contributed by atoms with Gasteiger partial charge in [-0.15, -0.1) is 0 Å². The number of rotatable bonds is 5. The predicted octanol–water partition coefficient (Wildman–Crippen LogP) is 0.778. The van der Waals surface area contributed by atoms with Gasteiger partial charge in [0.05, 0.1) is 0 Å². The lowest BCUT2D eigenvalue weighted by atomic mass is 10.2. The molecule has 2 heteroatoms. The lowest BCUT2D eigenvalue weighted by Crippen LogP contribution is -2.23. The van der Waals surface area contributed by atoms with Crippen LogP contribution in [-0.4, -0.2) is 37.6 Å². The number of allylic oxidation sites excluding steroid dienone is 3. The summed E-state index contributed by atoms with van der Waals surface area (Å²) in [6.45, 7) is 6.05. The van der Waals surface area contributed by atoms with Crippen LogP contribution < -0.4 is 5.32 Å². The fourth-order valence-electron chi connectivity index (χ4n) is 1.40. The van der Waals surface area contributed by atoms with Crippen LogP contribution in [0.2, 0.25) is 0 Å². The van der Waals surface area contributed by atoms with E-state index in [4.69, 9.17) is 0 Å². The molecule has 1 fully saturated rings. The minimum Gasteiger partial charge on any atom is -0.312 e. The third-order valence-corrected chi connectivity index (χ3v) is 2.34. The fourth-order valence-corrected chi connectivity index (χ4v) is 1.40. The van der Waals surface area contributed by atoms with Gasteiger partial charge < -0.3 is 5.32 Å². The van der Waals surface area contributed by atoms with E-state index in [1.54, 1.807) is 0 Å². The summed E-state index contributed by atoms with van der Waals surface area (Å²) in [5.74, 6) is 0. The van der Waals surface area contributed by atoms with Crippen molar-refractivity contribution in [3.63, 3.8) is 0 Å². The predicted molar refractivity (Wildman–Crippen MR) is 51.1 cm³/mol. The molecule has 0 aromatic rings. The van der Waals surface area contributed by atoms with Crippen LogP contribution in [0.3, 0.4) is 0 Å². The Balaban J connectivity index is 1.50. The molecule has 1 aliphatic heterocycles. The van der Waals surface area contributed by atoms with Gasteiger partial charge in [0.15, 0.2) is 0 Å². The molecule has 66 valence electrons. The second kappa shape index (κ2) is 3.87. The van der Waals surface area contributed by atoms with E-state index in [-0.39, 0.29) is 0 Å². The molecule has 0 radical (unpaired) electrons. The molecule has 0 aromatic carbocycles. The molecular formula is C10H16N2. The normalized spacial score (nSPS) is 21.5. The van der Waals surface area contributed by atoms with E-state index in [1.807, 2.05) is 0 Å². The average molecular weight is 164 g/mol.